The number of carbonyl (C=O) groups is 1. The number of benzene rings is 1. The Morgan fingerprint density at radius 1 is 1.22 bits per heavy atom. The number of ether oxygens (including phenoxy) is 2. The molecule has 1 rings (SSSR count). The van der Waals surface area contributed by atoms with Crippen LogP contribution in [0.1, 0.15) is 25.0 Å². The first-order valence-corrected chi connectivity index (χ1v) is 9.21. The number of rotatable bonds is 9. The smallest absolute Gasteiger partial charge is 0.341 e. The zero-order valence-electron chi connectivity index (χ0n) is 13.4. The third-order valence-corrected chi connectivity index (χ3v) is 3.99. The fourth-order valence-electron chi connectivity index (χ4n) is 1.93. The van der Waals surface area contributed by atoms with Gasteiger partial charge in [-0.25, -0.2) is 4.79 Å². The molecule has 0 aliphatic heterocycles. The molecule has 0 saturated carbocycles. The predicted octanol–water partition coefficient (Wildman–Crippen LogP) is 2.47. The van der Waals surface area contributed by atoms with Crippen molar-refractivity contribution in [3.8, 4) is 5.75 Å². The van der Waals surface area contributed by atoms with Gasteiger partial charge in [-0.1, -0.05) is 38.6 Å². The van der Waals surface area contributed by atoms with Gasteiger partial charge in [-0.05, 0) is 24.0 Å². The highest BCUT2D eigenvalue weighted by Crippen LogP contribution is 2.33. The molecule has 0 heterocycles. The van der Waals surface area contributed by atoms with Crippen molar-refractivity contribution in [1.82, 2.24) is 0 Å². The van der Waals surface area contributed by atoms with Crippen molar-refractivity contribution in [2.75, 3.05) is 19.4 Å². The van der Waals surface area contributed by atoms with E-state index in [1.807, 2.05) is 32.0 Å². The molecule has 0 saturated heterocycles. The van der Waals surface area contributed by atoms with Crippen LogP contribution in [-0.2, 0) is 26.9 Å². The predicted molar refractivity (Wildman–Crippen MR) is 87.7 cm³/mol. The maximum absolute atomic E-state index is 12.1. The third-order valence-electron chi connectivity index (χ3n) is 3.23. The second kappa shape index (κ2) is 8.99. The van der Waals surface area contributed by atoms with Crippen molar-refractivity contribution in [1.29, 1.82) is 0 Å². The number of esters is 1. The standard InChI is InChI=1S/C16H23O6P/c1-4-13-7-6-8-14(5-2)15(13)22-16(17)12(3)11-21-9-10-23(18,19)20/h6-8H,3-5,9-11H2,1-2H3,(H2,18,19,20). The van der Waals surface area contributed by atoms with E-state index in [4.69, 9.17) is 19.3 Å². The van der Waals surface area contributed by atoms with E-state index in [1.165, 1.54) is 0 Å². The molecule has 128 valence electrons. The zero-order chi connectivity index (χ0) is 17.5. The lowest BCUT2D eigenvalue weighted by atomic mass is 10.0. The molecular formula is C16H23O6P. The Morgan fingerprint density at radius 2 is 1.78 bits per heavy atom. The molecule has 0 amide bonds. The highest BCUT2D eigenvalue weighted by molar-refractivity contribution is 7.51. The van der Waals surface area contributed by atoms with Crippen molar-refractivity contribution in [3.63, 3.8) is 0 Å². The van der Waals surface area contributed by atoms with Crippen molar-refractivity contribution >= 4 is 13.6 Å². The van der Waals surface area contributed by atoms with Gasteiger partial charge in [0.05, 0.1) is 24.9 Å². The molecule has 1 aromatic carbocycles. The number of aryl methyl sites for hydroxylation is 2. The van der Waals surface area contributed by atoms with Gasteiger partial charge < -0.3 is 19.3 Å². The Bertz CT molecular complexity index is 582. The molecule has 1 aromatic rings. The summed E-state index contributed by atoms with van der Waals surface area (Å²) in [7, 11) is -4.10. The van der Waals surface area contributed by atoms with Gasteiger partial charge in [-0.3, -0.25) is 4.57 Å². The second-order valence-electron chi connectivity index (χ2n) is 5.05. The summed E-state index contributed by atoms with van der Waals surface area (Å²) in [5, 5.41) is 0. The van der Waals surface area contributed by atoms with Crippen molar-refractivity contribution in [3.05, 3.63) is 41.5 Å². The molecule has 0 fully saturated rings. The van der Waals surface area contributed by atoms with Gasteiger partial charge >= 0.3 is 13.6 Å². The molecule has 0 radical (unpaired) electrons. The van der Waals surface area contributed by atoms with Crippen LogP contribution in [0.3, 0.4) is 0 Å². The van der Waals surface area contributed by atoms with Crippen LogP contribution in [0, 0.1) is 0 Å². The Labute approximate surface area is 136 Å². The Hall–Kier alpha value is -1.46. The van der Waals surface area contributed by atoms with E-state index in [0.717, 1.165) is 24.0 Å². The summed E-state index contributed by atoms with van der Waals surface area (Å²) in [6, 6.07) is 5.73. The van der Waals surface area contributed by atoms with Crippen LogP contribution in [0.5, 0.6) is 5.75 Å². The van der Waals surface area contributed by atoms with Crippen molar-refractivity contribution < 1.29 is 28.6 Å². The summed E-state index contributed by atoms with van der Waals surface area (Å²) in [6.45, 7) is 7.28. The van der Waals surface area contributed by atoms with Gasteiger partial charge in [0.15, 0.2) is 0 Å². The molecule has 0 unspecified atom stereocenters. The fourth-order valence-corrected chi connectivity index (χ4v) is 2.30. The van der Waals surface area contributed by atoms with Gasteiger partial charge in [-0.2, -0.15) is 0 Å². The number of carbonyl (C=O) groups excluding carboxylic acids is 1. The quantitative estimate of drug-likeness (QED) is 0.235. The number of para-hydroxylation sites is 1. The number of hydrogen-bond acceptors (Lipinski definition) is 4. The fraction of sp³-hybridized carbons (Fsp3) is 0.438. The van der Waals surface area contributed by atoms with E-state index in [1.54, 1.807) is 0 Å². The van der Waals surface area contributed by atoms with E-state index in [-0.39, 0.29) is 18.8 Å². The molecule has 7 heteroatoms. The maximum atomic E-state index is 12.1. The normalized spacial score (nSPS) is 11.3. The third kappa shape index (κ3) is 6.67. The SMILES string of the molecule is C=C(COCCP(=O)(O)O)C(=O)Oc1c(CC)cccc1CC. The molecule has 0 aliphatic carbocycles. The van der Waals surface area contributed by atoms with E-state index in [0.29, 0.717) is 5.75 Å². The molecule has 23 heavy (non-hydrogen) atoms. The van der Waals surface area contributed by atoms with Crippen molar-refractivity contribution in [2.24, 2.45) is 0 Å². The molecule has 0 atom stereocenters. The number of hydrogen-bond donors (Lipinski definition) is 2. The summed E-state index contributed by atoms with van der Waals surface area (Å²) < 4.78 is 21.2. The van der Waals surface area contributed by atoms with Crippen LogP contribution in [-0.4, -0.2) is 35.1 Å². The molecule has 2 N–H and O–H groups in total. The first kappa shape index (κ1) is 19.6. The minimum Gasteiger partial charge on any atom is -0.423 e. The van der Waals surface area contributed by atoms with Crippen LogP contribution in [0.15, 0.2) is 30.4 Å². The average Bonchev–Trinajstić information content (AvgIpc) is 2.50. The first-order valence-electron chi connectivity index (χ1n) is 7.41. The second-order valence-corrected chi connectivity index (χ2v) is 6.82. The Balaban J connectivity index is 2.62. The van der Waals surface area contributed by atoms with Crippen LogP contribution in [0.2, 0.25) is 0 Å². The average molecular weight is 342 g/mol. The van der Waals surface area contributed by atoms with Gasteiger partial charge in [0.25, 0.3) is 0 Å². The van der Waals surface area contributed by atoms with Gasteiger partial charge in [0, 0.05) is 0 Å². The minimum atomic E-state index is -4.10. The van der Waals surface area contributed by atoms with E-state index >= 15 is 0 Å². The molecule has 6 nitrogen and oxygen atoms in total. The Kier molecular flexibility index (Phi) is 7.65. The first-order chi connectivity index (χ1) is 10.8. The molecule has 0 spiro atoms. The largest absolute Gasteiger partial charge is 0.423 e. The zero-order valence-corrected chi connectivity index (χ0v) is 14.3. The van der Waals surface area contributed by atoms with E-state index in [9.17, 15) is 9.36 Å². The van der Waals surface area contributed by atoms with Gasteiger partial charge in [-0.15, -0.1) is 0 Å². The minimum absolute atomic E-state index is 0.101. The topological polar surface area (TPSA) is 93.1 Å². The van der Waals surface area contributed by atoms with E-state index in [2.05, 4.69) is 6.58 Å². The van der Waals surface area contributed by atoms with Gasteiger partial charge in [0.1, 0.15) is 5.75 Å². The highest BCUT2D eigenvalue weighted by atomic mass is 31.2. The lowest BCUT2D eigenvalue weighted by molar-refractivity contribution is -0.130. The highest BCUT2D eigenvalue weighted by Gasteiger charge is 2.16. The van der Waals surface area contributed by atoms with E-state index < -0.39 is 19.7 Å². The lowest BCUT2D eigenvalue weighted by Crippen LogP contribution is -2.17. The van der Waals surface area contributed by atoms with Crippen LogP contribution in [0.4, 0.5) is 0 Å². The molecule has 0 bridgehead atoms. The van der Waals surface area contributed by atoms with Gasteiger partial charge in [0.2, 0.25) is 0 Å². The molecule has 0 aromatic heterocycles. The monoisotopic (exact) mass is 342 g/mol. The van der Waals surface area contributed by atoms with Crippen LogP contribution in [0.25, 0.3) is 0 Å². The van der Waals surface area contributed by atoms with Crippen molar-refractivity contribution in [2.45, 2.75) is 26.7 Å². The maximum Gasteiger partial charge on any atom is 0.341 e. The Morgan fingerprint density at radius 3 is 2.26 bits per heavy atom. The summed E-state index contributed by atoms with van der Waals surface area (Å²) in [5.41, 5.74) is 1.98. The summed E-state index contributed by atoms with van der Waals surface area (Å²) >= 11 is 0. The summed E-state index contributed by atoms with van der Waals surface area (Å²) in [5.74, 6) is -0.0457. The summed E-state index contributed by atoms with van der Waals surface area (Å²) in [4.78, 5) is 29.5. The van der Waals surface area contributed by atoms with Crippen LogP contribution < -0.4 is 4.74 Å². The lowest BCUT2D eigenvalue weighted by Gasteiger charge is -2.14. The van der Waals surface area contributed by atoms with Crippen LogP contribution >= 0.6 is 7.60 Å². The summed E-state index contributed by atoms with van der Waals surface area (Å²) in [6.07, 6.45) is 1.08. The molecular weight excluding hydrogens is 319 g/mol. The molecule has 0 aliphatic rings.